The third kappa shape index (κ3) is 20.2. The fourth-order valence-electron chi connectivity index (χ4n) is 5.63. The summed E-state index contributed by atoms with van der Waals surface area (Å²) in [6, 6.07) is -2.07. The highest BCUT2D eigenvalue weighted by Gasteiger charge is 2.40. The number of allylic oxidation sites excluding steroid dienone is 12. The second-order valence-electron chi connectivity index (χ2n) is 13.2. The molecule has 0 aromatic heterocycles. The Morgan fingerprint density at radius 3 is 1.75 bits per heavy atom. The fourth-order valence-corrected chi connectivity index (χ4v) is 5.63. The van der Waals surface area contributed by atoms with Gasteiger partial charge in [-0.3, -0.25) is 14.4 Å². The molecule has 0 bridgehead atoms. The number of ether oxygens (including phenoxy) is 2. The van der Waals surface area contributed by atoms with Gasteiger partial charge in [0, 0.05) is 25.3 Å². The van der Waals surface area contributed by atoms with Gasteiger partial charge < -0.3 is 25.4 Å². The van der Waals surface area contributed by atoms with Gasteiger partial charge in [-0.15, -0.1) is 0 Å². The summed E-state index contributed by atoms with van der Waals surface area (Å²) in [5.41, 5.74) is 0.381. The second-order valence-corrected chi connectivity index (χ2v) is 13.2. The molecular weight excluding hydrogens is 654 g/mol. The summed E-state index contributed by atoms with van der Waals surface area (Å²) in [5.74, 6) is -1.57. The first-order valence-corrected chi connectivity index (χ1v) is 19.4. The van der Waals surface area contributed by atoms with Crippen LogP contribution >= 0.6 is 0 Å². The lowest BCUT2D eigenvalue weighted by atomic mass is 9.87. The van der Waals surface area contributed by atoms with E-state index in [4.69, 9.17) is 9.47 Å². The average molecular weight is 722 g/mol. The van der Waals surface area contributed by atoms with Crippen LogP contribution in [-0.2, 0) is 28.7 Å². The number of nitrogens with one attached hydrogen (secondary N) is 3. The Hall–Kier alpha value is -3.98. The van der Waals surface area contributed by atoms with Crippen LogP contribution < -0.4 is 16.0 Å². The van der Waals surface area contributed by atoms with Gasteiger partial charge in [0.1, 0.15) is 6.04 Å². The lowest BCUT2D eigenvalue weighted by molar-refractivity contribution is -0.139. The van der Waals surface area contributed by atoms with E-state index in [1.807, 2.05) is 39.8 Å². The topological polar surface area (TPSA) is 123 Å². The van der Waals surface area contributed by atoms with Gasteiger partial charge >= 0.3 is 5.97 Å². The maximum atomic E-state index is 13.7. The van der Waals surface area contributed by atoms with Crippen LogP contribution in [0.5, 0.6) is 0 Å². The minimum Gasteiger partial charge on any atom is -0.463 e. The van der Waals surface area contributed by atoms with Gasteiger partial charge in [-0.2, -0.15) is 0 Å². The Morgan fingerprint density at radius 1 is 0.769 bits per heavy atom. The molecule has 1 rings (SSSR count). The minimum atomic E-state index is -0.800. The molecule has 0 saturated carbocycles. The SMILES string of the molecule is CC/C=C\C/C=C\C/C=C\C/C=C\C/C=C\C/C=C\CCC(=O)N[C@H](C(=O)N[C@H]1CC(C(=O)OCC)=C[C@@H](OC(CC)CC)[C@@H]1NC(C)=O)C(C)C. The lowest BCUT2D eigenvalue weighted by Gasteiger charge is -2.39. The Labute approximate surface area is 314 Å². The standard InChI is InChI=1S/C43H67N3O6/c1-8-12-13-14-15-16-17-18-19-20-21-22-23-24-25-26-27-28-29-30-39(48)46-40(33(5)6)42(49)45-37-31-35(43(50)51-11-4)32-38(41(37)44-34(7)47)52-36(9-2)10-3/h12-13,15-16,18-19,21-22,24-25,27-28,32-33,36-38,40-41H,8-11,14,17,20,23,26,29-31H2,1-7H3,(H,44,47)(H,45,49)(H,46,48)/b13-12-,16-15-,19-18-,22-21-,25-24-,28-27-/t37-,38+,40-,41+/m0/s1. The largest absolute Gasteiger partial charge is 0.463 e. The Balaban J connectivity index is 2.66. The van der Waals surface area contributed by atoms with Crippen molar-refractivity contribution in [1.82, 2.24) is 16.0 Å². The first kappa shape index (κ1) is 46.0. The number of amides is 3. The van der Waals surface area contributed by atoms with E-state index < -0.39 is 30.2 Å². The molecular formula is C43H67N3O6. The van der Waals surface area contributed by atoms with Crippen LogP contribution in [-0.4, -0.2) is 60.6 Å². The first-order valence-electron chi connectivity index (χ1n) is 19.4. The highest BCUT2D eigenvalue weighted by Crippen LogP contribution is 2.26. The minimum absolute atomic E-state index is 0.0979. The van der Waals surface area contributed by atoms with Crippen molar-refractivity contribution in [3.05, 3.63) is 84.6 Å². The second kappa shape index (κ2) is 28.6. The Morgan fingerprint density at radius 2 is 1.29 bits per heavy atom. The third-order valence-corrected chi connectivity index (χ3v) is 8.49. The molecule has 0 spiro atoms. The summed E-state index contributed by atoms with van der Waals surface area (Å²) in [6.07, 6.45) is 34.8. The molecule has 9 heteroatoms. The molecule has 1 aliphatic carbocycles. The summed E-state index contributed by atoms with van der Waals surface area (Å²) in [5, 5.41) is 8.85. The van der Waals surface area contributed by atoms with Gasteiger partial charge in [0.15, 0.2) is 0 Å². The Bertz CT molecular complexity index is 1270. The molecule has 0 fully saturated rings. The molecule has 3 amide bonds. The summed E-state index contributed by atoms with van der Waals surface area (Å²) >= 11 is 0. The molecule has 0 aromatic rings. The predicted octanol–water partition coefficient (Wildman–Crippen LogP) is 8.06. The quantitative estimate of drug-likeness (QED) is 0.0648. The number of esters is 1. The van der Waals surface area contributed by atoms with E-state index in [1.54, 1.807) is 13.0 Å². The molecule has 9 nitrogen and oxygen atoms in total. The van der Waals surface area contributed by atoms with Crippen molar-refractivity contribution < 1.29 is 28.7 Å². The van der Waals surface area contributed by atoms with Crippen LogP contribution in [0.4, 0.5) is 0 Å². The zero-order chi connectivity index (χ0) is 38.6. The van der Waals surface area contributed by atoms with Crippen molar-refractivity contribution in [2.75, 3.05) is 6.61 Å². The van der Waals surface area contributed by atoms with Gasteiger partial charge in [0.05, 0.1) is 30.9 Å². The normalized spacial score (nSPS) is 18.8. The zero-order valence-corrected chi connectivity index (χ0v) is 32.9. The smallest absolute Gasteiger partial charge is 0.333 e. The number of rotatable bonds is 25. The number of hydrogen-bond donors (Lipinski definition) is 3. The summed E-state index contributed by atoms with van der Waals surface area (Å²) < 4.78 is 11.6. The van der Waals surface area contributed by atoms with E-state index >= 15 is 0 Å². The highest BCUT2D eigenvalue weighted by molar-refractivity contribution is 5.90. The molecule has 0 aliphatic heterocycles. The Kier molecular flexibility index (Phi) is 25.3. The molecule has 0 radical (unpaired) electrons. The van der Waals surface area contributed by atoms with E-state index in [0.29, 0.717) is 12.0 Å². The van der Waals surface area contributed by atoms with E-state index in [2.05, 4.69) is 83.6 Å². The summed E-state index contributed by atoms with van der Waals surface area (Å²) in [7, 11) is 0. The van der Waals surface area contributed by atoms with E-state index in [9.17, 15) is 19.2 Å². The summed E-state index contributed by atoms with van der Waals surface area (Å²) in [4.78, 5) is 51.6. The number of carbonyl (C=O) groups excluding carboxylic acids is 4. The van der Waals surface area contributed by atoms with Gasteiger partial charge in [0.25, 0.3) is 0 Å². The van der Waals surface area contributed by atoms with E-state index in [1.165, 1.54) is 6.92 Å². The van der Waals surface area contributed by atoms with E-state index in [0.717, 1.165) is 51.4 Å². The van der Waals surface area contributed by atoms with Crippen LogP contribution in [0.2, 0.25) is 0 Å². The van der Waals surface area contributed by atoms with Crippen molar-refractivity contribution in [2.45, 2.75) is 149 Å². The van der Waals surface area contributed by atoms with Crippen LogP contribution in [0.15, 0.2) is 84.6 Å². The third-order valence-electron chi connectivity index (χ3n) is 8.49. The maximum Gasteiger partial charge on any atom is 0.333 e. The fraction of sp³-hybridized carbons (Fsp3) is 0.581. The van der Waals surface area contributed by atoms with Crippen LogP contribution in [0.25, 0.3) is 0 Å². The molecule has 290 valence electrons. The van der Waals surface area contributed by atoms with Gasteiger partial charge in [0.2, 0.25) is 17.7 Å². The molecule has 3 N–H and O–H groups in total. The monoisotopic (exact) mass is 722 g/mol. The average Bonchev–Trinajstić information content (AvgIpc) is 3.11. The van der Waals surface area contributed by atoms with E-state index in [-0.39, 0.29) is 49.2 Å². The van der Waals surface area contributed by atoms with Crippen molar-refractivity contribution in [2.24, 2.45) is 5.92 Å². The molecule has 0 heterocycles. The van der Waals surface area contributed by atoms with Crippen LogP contribution in [0, 0.1) is 5.92 Å². The van der Waals surface area contributed by atoms with Gasteiger partial charge in [-0.25, -0.2) is 4.79 Å². The number of hydrogen-bond acceptors (Lipinski definition) is 6. The molecule has 0 saturated heterocycles. The first-order chi connectivity index (χ1) is 25.1. The molecule has 4 atom stereocenters. The van der Waals surface area contributed by atoms with Crippen LogP contribution in [0.3, 0.4) is 0 Å². The molecule has 0 unspecified atom stereocenters. The van der Waals surface area contributed by atoms with Gasteiger partial charge in [-0.05, 0) is 76.7 Å². The van der Waals surface area contributed by atoms with Crippen molar-refractivity contribution in [1.29, 1.82) is 0 Å². The molecule has 1 aliphatic rings. The van der Waals surface area contributed by atoms with Crippen molar-refractivity contribution in [3.8, 4) is 0 Å². The maximum absolute atomic E-state index is 13.7. The van der Waals surface area contributed by atoms with Gasteiger partial charge in [-0.1, -0.05) is 108 Å². The predicted molar refractivity (Wildman–Crippen MR) is 212 cm³/mol. The lowest BCUT2D eigenvalue weighted by Crippen LogP contribution is -2.62. The number of carbonyl (C=O) groups is 4. The van der Waals surface area contributed by atoms with Crippen molar-refractivity contribution >= 4 is 23.7 Å². The zero-order valence-electron chi connectivity index (χ0n) is 32.9. The van der Waals surface area contributed by atoms with Crippen LogP contribution in [0.1, 0.15) is 119 Å². The van der Waals surface area contributed by atoms with Crippen molar-refractivity contribution in [3.63, 3.8) is 0 Å². The highest BCUT2D eigenvalue weighted by atomic mass is 16.5. The summed E-state index contributed by atoms with van der Waals surface area (Å²) in [6.45, 7) is 13.2. The molecule has 52 heavy (non-hydrogen) atoms. The molecule has 0 aromatic carbocycles.